The van der Waals surface area contributed by atoms with Crippen LogP contribution in [0.4, 0.5) is 5.69 Å². The first-order valence-corrected chi connectivity index (χ1v) is 10.1. The van der Waals surface area contributed by atoms with E-state index in [0.717, 1.165) is 33.7 Å². The van der Waals surface area contributed by atoms with Crippen molar-refractivity contribution in [3.8, 4) is 11.4 Å². The number of amides is 1. The fraction of sp³-hybridized carbons (Fsp3) is 0.0500. The number of benzene rings is 2. The molecule has 0 atom stereocenters. The van der Waals surface area contributed by atoms with E-state index in [1.54, 1.807) is 6.07 Å². The molecule has 4 aromatic rings. The van der Waals surface area contributed by atoms with E-state index in [0.29, 0.717) is 9.90 Å². The Morgan fingerprint density at radius 2 is 2.07 bits per heavy atom. The molecule has 140 valence electrons. The summed E-state index contributed by atoms with van der Waals surface area (Å²) in [7, 11) is 0. The molecule has 0 bridgehead atoms. The molecular formula is C20H15ClN4OS2. The largest absolute Gasteiger partial charge is 0.338 e. The molecule has 4 rings (SSSR count). The van der Waals surface area contributed by atoms with E-state index in [1.807, 2.05) is 54.8 Å². The molecule has 0 saturated heterocycles. The minimum atomic E-state index is -0.229. The molecule has 0 fully saturated rings. The van der Waals surface area contributed by atoms with Gasteiger partial charge in [-0.1, -0.05) is 29.8 Å². The van der Waals surface area contributed by atoms with Crippen LogP contribution in [0, 0.1) is 6.92 Å². The number of anilines is 1. The second kappa shape index (κ2) is 7.71. The van der Waals surface area contributed by atoms with E-state index < -0.39 is 0 Å². The molecule has 1 amide bonds. The Morgan fingerprint density at radius 1 is 1.21 bits per heavy atom. The fourth-order valence-electron chi connectivity index (χ4n) is 2.76. The number of thiophene rings is 1. The summed E-state index contributed by atoms with van der Waals surface area (Å²) < 4.78 is 0. The number of nitrogens with zero attached hydrogens (tertiary/aromatic N) is 1. The van der Waals surface area contributed by atoms with Crippen LogP contribution in [0.2, 0.25) is 5.02 Å². The first-order chi connectivity index (χ1) is 13.5. The lowest BCUT2D eigenvalue weighted by Crippen LogP contribution is -2.33. The maximum Gasteiger partial charge on any atom is 0.267 e. The van der Waals surface area contributed by atoms with Crippen LogP contribution in [0.5, 0.6) is 0 Å². The summed E-state index contributed by atoms with van der Waals surface area (Å²) in [6.07, 6.45) is 0. The Morgan fingerprint density at radius 3 is 2.86 bits per heavy atom. The molecule has 2 aromatic carbocycles. The number of hydrogen-bond donors (Lipinski definition) is 3. The summed E-state index contributed by atoms with van der Waals surface area (Å²) in [5, 5.41) is 8.49. The molecule has 0 saturated carbocycles. The van der Waals surface area contributed by atoms with Crippen LogP contribution in [0.1, 0.15) is 15.2 Å². The third-order valence-electron chi connectivity index (χ3n) is 4.13. The van der Waals surface area contributed by atoms with Gasteiger partial charge in [-0.15, -0.1) is 11.3 Å². The van der Waals surface area contributed by atoms with Gasteiger partial charge in [-0.25, -0.2) is 4.98 Å². The van der Waals surface area contributed by atoms with E-state index in [-0.39, 0.29) is 11.0 Å². The van der Waals surface area contributed by atoms with Gasteiger partial charge in [0.05, 0.1) is 15.9 Å². The Bertz CT molecular complexity index is 1150. The van der Waals surface area contributed by atoms with Crippen LogP contribution >= 0.6 is 35.2 Å². The van der Waals surface area contributed by atoms with Gasteiger partial charge in [-0.05, 0) is 60.4 Å². The van der Waals surface area contributed by atoms with Crippen molar-refractivity contribution in [1.29, 1.82) is 0 Å². The number of thiocarbonyl (C=S) groups is 1. The van der Waals surface area contributed by atoms with Crippen molar-refractivity contribution in [3.63, 3.8) is 0 Å². The van der Waals surface area contributed by atoms with Gasteiger partial charge in [-0.2, -0.15) is 0 Å². The molecule has 0 aliphatic carbocycles. The molecule has 2 aromatic heterocycles. The quantitative estimate of drug-likeness (QED) is 0.384. The number of H-pyrrole nitrogens is 1. The molecule has 0 aliphatic rings. The molecule has 8 heteroatoms. The lowest BCUT2D eigenvalue weighted by Gasteiger charge is -2.09. The van der Waals surface area contributed by atoms with Gasteiger partial charge in [0, 0.05) is 16.3 Å². The topological polar surface area (TPSA) is 69.8 Å². The van der Waals surface area contributed by atoms with Crippen LogP contribution in [0.15, 0.2) is 53.9 Å². The average Bonchev–Trinajstić information content (AvgIpc) is 3.32. The van der Waals surface area contributed by atoms with Crippen LogP contribution in [0.25, 0.3) is 22.4 Å². The fourth-order valence-corrected chi connectivity index (χ4v) is 3.74. The van der Waals surface area contributed by atoms with Crippen LogP contribution in [-0.2, 0) is 0 Å². The Hall–Kier alpha value is -2.74. The third-order valence-corrected chi connectivity index (χ3v) is 5.61. The van der Waals surface area contributed by atoms with Crippen LogP contribution in [0.3, 0.4) is 0 Å². The van der Waals surface area contributed by atoms with Gasteiger partial charge < -0.3 is 10.3 Å². The van der Waals surface area contributed by atoms with Crippen molar-refractivity contribution < 1.29 is 4.79 Å². The first kappa shape index (κ1) is 18.6. The summed E-state index contributed by atoms with van der Waals surface area (Å²) in [6.45, 7) is 1.96. The predicted octanol–water partition coefficient (Wildman–Crippen LogP) is 5.38. The second-order valence-corrected chi connectivity index (χ2v) is 7.93. The highest BCUT2D eigenvalue weighted by atomic mass is 35.5. The molecule has 5 nitrogen and oxygen atoms in total. The highest BCUT2D eigenvalue weighted by Crippen LogP contribution is 2.26. The lowest BCUT2D eigenvalue weighted by molar-refractivity contribution is 0.0981. The maximum absolute atomic E-state index is 12.1. The molecule has 0 radical (unpaired) electrons. The summed E-state index contributed by atoms with van der Waals surface area (Å²) in [4.78, 5) is 20.6. The number of carbonyl (C=O) groups excluding carboxylic acids is 1. The minimum absolute atomic E-state index is 0.229. The number of aromatic amines is 1. The molecule has 3 N–H and O–H groups in total. The minimum Gasteiger partial charge on any atom is -0.338 e. The zero-order valence-electron chi connectivity index (χ0n) is 14.7. The summed E-state index contributed by atoms with van der Waals surface area (Å²) in [5.74, 6) is 0.502. The highest BCUT2D eigenvalue weighted by molar-refractivity contribution is 7.80. The van der Waals surface area contributed by atoms with E-state index in [1.165, 1.54) is 11.3 Å². The normalized spacial score (nSPS) is 10.8. The smallest absolute Gasteiger partial charge is 0.267 e. The van der Waals surface area contributed by atoms with Crippen molar-refractivity contribution in [2.45, 2.75) is 6.92 Å². The number of halogens is 1. The number of imidazole rings is 1. The third kappa shape index (κ3) is 3.91. The molecule has 0 aliphatic heterocycles. The number of rotatable bonds is 3. The van der Waals surface area contributed by atoms with E-state index >= 15 is 0 Å². The number of aromatic nitrogens is 2. The summed E-state index contributed by atoms with van der Waals surface area (Å²) in [6, 6.07) is 15.0. The monoisotopic (exact) mass is 426 g/mol. The Balaban J connectivity index is 1.53. The van der Waals surface area contributed by atoms with E-state index in [2.05, 4.69) is 20.6 Å². The van der Waals surface area contributed by atoms with E-state index in [9.17, 15) is 4.79 Å². The standard InChI is InChI=1S/C20H15ClN4OS2/c1-11-8-15-16(10-14(11)21)24-18(23-15)12-4-2-5-13(9-12)22-20(27)25-19(26)17-6-3-7-28-17/h2-10H,1H3,(H,23,24)(H2,22,25,26,27). The zero-order chi connectivity index (χ0) is 19.7. The Labute approximate surface area is 175 Å². The number of hydrogen-bond acceptors (Lipinski definition) is 4. The average molecular weight is 427 g/mol. The lowest BCUT2D eigenvalue weighted by atomic mass is 10.2. The van der Waals surface area contributed by atoms with Gasteiger partial charge in [-0.3, -0.25) is 10.1 Å². The van der Waals surface area contributed by atoms with Gasteiger partial charge in [0.15, 0.2) is 5.11 Å². The van der Waals surface area contributed by atoms with Crippen molar-refractivity contribution in [1.82, 2.24) is 15.3 Å². The first-order valence-electron chi connectivity index (χ1n) is 8.42. The number of aryl methyl sites for hydroxylation is 1. The van der Waals surface area contributed by atoms with Crippen molar-refractivity contribution in [3.05, 3.63) is 69.4 Å². The number of nitrogens with one attached hydrogen (secondary N) is 3. The molecule has 2 heterocycles. The molecule has 0 spiro atoms. The predicted molar refractivity (Wildman–Crippen MR) is 119 cm³/mol. The summed E-state index contributed by atoms with van der Waals surface area (Å²) in [5.41, 5.74) is 4.37. The van der Waals surface area contributed by atoms with Gasteiger partial charge in [0.1, 0.15) is 5.82 Å². The van der Waals surface area contributed by atoms with Crippen LogP contribution < -0.4 is 10.6 Å². The van der Waals surface area contributed by atoms with Crippen LogP contribution in [-0.4, -0.2) is 21.0 Å². The SMILES string of the molecule is Cc1cc2[nH]c(-c3cccc(NC(=S)NC(=O)c4cccs4)c3)nc2cc1Cl. The summed E-state index contributed by atoms with van der Waals surface area (Å²) >= 11 is 12.8. The zero-order valence-corrected chi connectivity index (χ0v) is 17.1. The highest BCUT2D eigenvalue weighted by Gasteiger charge is 2.11. The number of carbonyl (C=O) groups is 1. The second-order valence-electron chi connectivity index (χ2n) is 6.17. The maximum atomic E-state index is 12.1. The van der Waals surface area contributed by atoms with Crippen molar-refractivity contribution >= 4 is 62.9 Å². The molecule has 28 heavy (non-hydrogen) atoms. The van der Waals surface area contributed by atoms with Crippen molar-refractivity contribution in [2.75, 3.05) is 5.32 Å². The van der Waals surface area contributed by atoms with Gasteiger partial charge in [0.25, 0.3) is 5.91 Å². The van der Waals surface area contributed by atoms with Crippen molar-refractivity contribution in [2.24, 2.45) is 0 Å². The Kier molecular flexibility index (Phi) is 5.13. The van der Waals surface area contributed by atoms with Gasteiger partial charge >= 0.3 is 0 Å². The van der Waals surface area contributed by atoms with Gasteiger partial charge in [0.2, 0.25) is 0 Å². The number of fused-ring (bicyclic) bond motifs is 1. The molecule has 0 unspecified atom stereocenters. The molecular weight excluding hydrogens is 412 g/mol. The van der Waals surface area contributed by atoms with E-state index in [4.69, 9.17) is 23.8 Å².